The Morgan fingerprint density at radius 1 is 1.06 bits per heavy atom. The molecular weight excluding hydrogens is 490 g/mol. The normalized spacial score (nSPS) is 11.0. The Bertz CT molecular complexity index is 1550. The van der Waals surface area contributed by atoms with E-state index in [1.807, 2.05) is 37.3 Å². The van der Waals surface area contributed by atoms with Crippen molar-refractivity contribution in [1.82, 2.24) is 4.98 Å². The molecule has 2 aromatic heterocycles. The molecule has 34 heavy (non-hydrogen) atoms. The number of carbonyl (C=O) groups excluding carboxylic acids is 2. The zero-order valence-electron chi connectivity index (χ0n) is 17.7. The van der Waals surface area contributed by atoms with Gasteiger partial charge in [-0.15, -0.1) is 22.7 Å². The van der Waals surface area contributed by atoms with E-state index < -0.39 is 0 Å². The Morgan fingerprint density at radius 2 is 1.82 bits per heavy atom. The summed E-state index contributed by atoms with van der Waals surface area (Å²) in [6, 6.07) is 18.1. The highest BCUT2D eigenvalue weighted by atomic mass is 35.5. The molecule has 0 aliphatic carbocycles. The number of fused-ring (bicyclic) bond motifs is 1. The summed E-state index contributed by atoms with van der Waals surface area (Å²) in [5.41, 5.74) is 3.94. The van der Waals surface area contributed by atoms with E-state index in [2.05, 4.69) is 4.98 Å². The molecule has 0 saturated heterocycles. The van der Waals surface area contributed by atoms with Crippen molar-refractivity contribution in [2.24, 2.45) is 0 Å². The molecule has 0 saturated carbocycles. The number of aromatic hydroxyl groups is 1. The van der Waals surface area contributed by atoms with Gasteiger partial charge in [0.05, 0.1) is 10.3 Å². The third-order valence-corrected chi connectivity index (χ3v) is 7.64. The lowest BCUT2D eigenvalue weighted by Crippen LogP contribution is -2.03. The monoisotopic (exact) mass is 505 g/mol. The second-order valence-electron chi connectivity index (χ2n) is 7.56. The summed E-state index contributed by atoms with van der Waals surface area (Å²) in [5.74, 6) is 0.313. The molecule has 2 heterocycles. The van der Waals surface area contributed by atoms with Crippen molar-refractivity contribution in [1.29, 1.82) is 0 Å². The molecule has 3 aromatic carbocycles. The van der Waals surface area contributed by atoms with E-state index in [1.165, 1.54) is 22.7 Å². The van der Waals surface area contributed by atoms with Crippen LogP contribution in [0.2, 0.25) is 5.02 Å². The quantitative estimate of drug-likeness (QED) is 0.196. The van der Waals surface area contributed by atoms with E-state index in [4.69, 9.17) is 16.3 Å². The number of benzene rings is 3. The molecule has 0 spiro atoms. The largest absolute Gasteiger partial charge is 0.508 e. The topological polar surface area (TPSA) is 76.5 Å². The zero-order valence-corrected chi connectivity index (χ0v) is 20.1. The Kier molecular flexibility index (Phi) is 5.91. The summed E-state index contributed by atoms with van der Waals surface area (Å²) < 4.78 is 5.63. The van der Waals surface area contributed by atoms with Crippen LogP contribution in [0.3, 0.4) is 0 Å². The lowest BCUT2D eigenvalue weighted by molar-refractivity contribution is -0.120. The van der Waals surface area contributed by atoms with Gasteiger partial charge in [-0.1, -0.05) is 35.9 Å². The molecule has 0 bridgehead atoms. The van der Waals surface area contributed by atoms with Crippen LogP contribution in [0.5, 0.6) is 11.6 Å². The third-order valence-electron chi connectivity index (χ3n) is 5.39. The molecule has 0 aliphatic heterocycles. The highest BCUT2D eigenvalue weighted by Gasteiger charge is 2.23. The molecule has 0 radical (unpaired) electrons. The summed E-state index contributed by atoms with van der Waals surface area (Å²) in [6.07, 6.45) is 0. The number of rotatable bonds is 6. The first-order valence-corrected chi connectivity index (χ1v) is 12.2. The third kappa shape index (κ3) is 4.09. The van der Waals surface area contributed by atoms with Gasteiger partial charge in [-0.2, -0.15) is 0 Å². The minimum absolute atomic E-state index is 0.0930. The first-order valence-electron chi connectivity index (χ1n) is 10.2. The molecule has 0 unspecified atom stereocenters. The van der Waals surface area contributed by atoms with Gasteiger partial charge in [-0.3, -0.25) is 9.59 Å². The van der Waals surface area contributed by atoms with Gasteiger partial charge in [0, 0.05) is 31.8 Å². The number of carbonyl (C=O) groups is 2. The molecule has 168 valence electrons. The van der Waals surface area contributed by atoms with Gasteiger partial charge in [-0.25, -0.2) is 4.98 Å². The van der Waals surface area contributed by atoms with Crippen LogP contribution in [-0.4, -0.2) is 22.3 Å². The fraction of sp³-hybridized carbons (Fsp3) is 0.0385. The van der Waals surface area contributed by atoms with Crippen LogP contribution in [0.25, 0.3) is 31.8 Å². The number of hydrogen-bond acceptors (Lipinski definition) is 7. The highest BCUT2D eigenvalue weighted by molar-refractivity contribution is 7.21. The molecule has 5 rings (SSSR count). The van der Waals surface area contributed by atoms with Crippen molar-refractivity contribution >= 4 is 56.6 Å². The number of ketones is 1. The number of thiophene rings is 1. The van der Waals surface area contributed by atoms with E-state index in [0.717, 1.165) is 37.3 Å². The maximum Gasteiger partial charge on any atom is 0.299 e. The average Bonchev–Trinajstić information content (AvgIpc) is 3.43. The van der Waals surface area contributed by atoms with Crippen molar-refractivity contribution in [2.45, 2.75) is 6.92 Å². The van der Waals surface area contributed by atoms with E-state index >= 15 is 0 Å². The molecule has 0 atom stereocenters. The van der Waals surface area contributed by atoms with E-state index in [1.54, 1.807) is 35.7 Å². The first kappa shape index (κ1) is 22.3. The van der Waals surface area contributed by atoms with Crippen molar-refractivity contribution in [3.8, 4) is 33.3 Å². The molecular formula is C26H16ClNO4S2. The van der Waals surface area contributed by atoms with Gasteiger partial charge < -0.3 is 9.84 Å². The maximum absolute atomic E-state index is 13.6. The number of nitrogens with zero attached hydrogens (tertiary/aromatic N) is 1. The van der Waals surface area contributed by atoms with Crippen LogP contribution < -0.4 is 4.74 Å². The molecule has 1 N–H and O–H groups in total. The number of hydrogen-bond donors (Lipinski definition) is 1. The Balaban J connectivity index is 1.62. The van der Waals surface area contributed by atoms with Crippen molar-refractivity contribution in [3.63, 3.8) is 0 Å². The Labute approximate surface area is 207 Å². The number of aromatic nitrogens is 1. The fourth-order valence-corrected chi connectivity index (χ4v) is 5.98. The van der Waals surface area contributed by atoms with Crippen LogP contribution >= 0.6 is 34.3 Å². The second kappa shape index (κ2) is 9.02. The number of ether oxygens (including phenoxy) is 1. The van der Waals surface area contributed by atoms with E-state index in [9.17, 15) is 14.7 Å². The van der Waals surface area contributed by atoms with Crippen molar-refractivity contribution < 1.29 is 19.4 Å². The molecule has 5 nitrogen and oxygen atoms in total. The summed E-state index contributed by atoms with van der Waals surface area (Å²) in [7, 11) is 0. The lowest BCUT2D eigenvalue weighted by atomic mass is 9.96. The lowest BCUT2D eigenvalue weighted by Gasteiger charge is -2.08. The average molecular weight is 506 g/mol. The van der Waals surface area contributed by atoms with Crippen molar-refractivity contribution in [2.75, 3.05) is 0 Å². The maximum atomic E-state index is 13.6. The standard InChI is InChI=1S/C26H16ClNO4S2/c1-14-10-17(27)6-8-19(14)24(31)25-23(20-9-7-18(30)11-21(20)34-25)15-2-4-16(5-3-15)26-28-22(12-33-26)32-13-29/h2-13,30H,1H3. The van der Waals surface area contributed by atoms with Crippen molar-refractivity contribution in [3.05, 3.63) is 87.1 Å². The molecule has 8 heteroatoms. The van der Waals surface area contributed by atoms with E-state index in [0.29, 0.717) is 21.9 Å². The minimum Gasteiger partial charge on any atom is -0.508 e. The molecule has 5 aromatic rings. The number of thiazole rings is 1. The van der Waals surface area contributed by atoms with Crippen LogP contribution in [0.15, 0.2) is 66.0 Å². The Hall–Kier alpha value is -3.52. The number of aryl methyl sites for hydroxylation is 1. The summed E-state index contributed by atoms with van der Waals surface area (Å²) in [5, 5.41) is 13.9. The van der Waals surface area contributed by atoms with E-state index in [-0.39, 0.29) is 17.4 Å². The minimum atomic E-state index is -0.0930. The Morgan fingerprint density at radius 3 is 2.56 bits per heavy atom. The van der Waals surface area contributed by atoms with Gasteiger partial charge in [0.2, 0.25) is 11.7 Å². The van der Waals surface area contributed by atoms with Gasteiger partial charge in [0.1, 0.15) is 10.8 Å². The van der Waals surface area contributed by atoms with Gasteiger partial charge >= 0.3 is 0 Å². The number of phenolic OH excluding ortho intramolecular Hbond substituents is 1. The predicted molar refractivity (Wildman–Crippen MR) is 136 cm³/mol. The fourth-order valence-electron chi connectivity index (χ4n) is 3.81. The van der Waals surface area contributed by atoms with Gasteiger partial charge in [0.15, 0.2) is 0 Å². The SMILES string of the molecule is Cc1cc(Cl)ccc1C(=O)c1sc2cc(O)ccc2c1-c1ccc(-c2nc(OC=O)cs2)cc1. The summed E-state index contributed by atoms with van der Waals surface area (Å²) in [6.45, 7) is 2.21. The van der Waals surface area contributed by atoms with Crippen LogP contribution in [0.4, 0.5) is 0 Å². The van der Waals surface area contributed by atoms with Gasteiger partial charge in [0.25, 0.3) is 6.47 Å². The molecule has 0 aliphatic rings. The predicted octanol–water partition coefficient (Wildman–Crippen LogP) is 7.13. The summed E-state index contributed by atoms with van der Waals surface area (Å²) in [4.78, 5) is 29.1. The second-order valence-corrected chi connectivity index (χ2v) is 9.90. The van der Waals surface area contributed by atoms with Crippen LogP contribution in [0, 0.1) is 6.92 Å². The first-order chi connectivity index (χ1) is 16.4. The zero-order chi connectivity index (χ0) is 23.8. The van der Waals surface area contributed by atoms with Crippen LogP contribution in [0.1, 0.15) is 20.8 Å². The van der Waals surface area contributed by atoms with Crippen LogP contribution in [-0.2, 0) is 4.79 Å². The molecule has 0 amide bonds. The highest BCUT2D eigenvalue weighted by Crippen LogP contribution is 2.42. The molecule has 0 fully saturated rings. The van der Waals surface area contributed by atoms with Gasteiger partial charge in [-0.05, 0) is 54.4 Å². The smallest absolute Gasteiger partial charge is 0.299 e. The number of phenols is 1. The summed E-state index contributed by atoms with van der Waals surface area (Å²) >= 11 is 8.82. The number of halogens is 1.